The number of benzene rings is 1. The van der Waals surface area contributed by atoms with Crippen molar-refractivity contribution in [1.82, 2.24) is 5.32 Å². The van der Waals surface area contributed by atoms with E-state index in [1.54, 1.807) is 0 Å². The molecule has 0 bridgehead atoms. The largest absolute Gasteiger partial charge is 0.493 e. The van der Waals surface area contributed by atoms with Crippen molar-refractivity contribution in [2.45, 2.75) is 38.5 Å². The molecule has 1 saturated heterocycles. The monoisotopic (exact) mass is 338 g/mol. The summed E-state index contributed by atoms with van der Waals surface area (Å²) in [4.78, 5) is 12.0. The smallest absolute Gasteiger partial charge is 0.224 e. The normalized spacial score (nSPS) is 18.1. The maximum Gasteiger partial charge on any atom is 0.224 e. The minimum Gasteiger partial charge on any atom is -0.493 e. The summed E-state index contributed by atoms with van der Waals surface area (Å²) in [6, 6.07) is 7.71. The molecule has 4 nitrogen and oxygen atoms in total. The minimum atomic E-state index is 0. The van der Waals surface area contributed by atoms with Crippen LogP contribution in [0.15, 0.2) is 24.3 Å². The quantitative estimate of drug-likeness (QED) is 0.798. The van der Waals surface area contributed by atoms with E-state index < -0.39 is 0 Å². The van der Waals surface area contributed by atoms with Crippen molar-refractivity contribution in [2.75, 3.05) is 25.0 Å². The van der Waals surface area contributed by atoms with Crippen LogP contribution in [0.3, 0.4) is 0 Å². The van der Waals surface area contributed by atoms with Crippen LogP contribution in [-0.4, -0.2) is 25.6 Å². The number of piperidine rings is 1. The van der Waals surface area contributed by atoms with Crippen LogP contribution in [0.25, 0.3) is 0 Å². The third kappa shape index (κ3) is 6.40. The zero-order valence-electron chi connectivity index (χ0n) is 13.6. The van der Waals surface area contributed by atoms with Crippen molar-refractivity contribution in [3.05, 3.63) is 24.3 Å². The zero-order valence-corrected chi connectivity index (χ0v) is 14.4. The van der Waals surface area contributed by atoms with Gasteiger partial charge in [-0.15, -0.1) is 12.4 Å². The Bertz CT molecular complexity index is 482. The summed E-state index contributed by atoms with van der Waals surface area (Å²) in [5.41, 5.74) is 0.856. The number of hydrogen-bond acceptors (Lipinski definition) is 3. The van der Waals surface area contributed by atoms with E-state index in [0.717, 1.165) is 43.5 Å². The first-order valence-corrected chi connectivity index (χ1v) is 8.53. The fourth-order valence-electron chi connectivity index (χ4n) is 2.86. The molecular weight excluding hydrogens is 312 g/mol. The molecule has 1 aromatic carbocycles. The molecule has 1 aliphatic carbocycles. The van der Waals surface area contributed by atoms with Gasteiger partial charge < -0.3 is 15.4 Å². The summed E-state index contributed by atoms with van der Waals surface area (Å²) >= 11 is 0. The first-order chi connectivity index (χ1) is 10.8. The molecule has 2 aliphatic rings. The van der Waals surface area contributed by atoms with Crippen LogP contribution in [0.5, 0.6) is 5.75 Å². The topological polar surface area (TPSA) is 50.4 Å². The van der Waals surface area contributed by atoms with Crippen LogP contribution in [0.1, 0.15) is 38.5 Å². The number of hydrogen-bond donors (Lipinski definition) is 2. The Balaban J connectivity index is 0.00000192. The fourth-order valence-corrected chi connectivity index (χ4v) is 2.86. The predicted molar refractivity (Wildman–Crippen MR) is 95.4 cm³/mol. The molecule has 0 atom stereocenters. The van der Waals surface area contributed by atoms with Gasteiger partial charge in [-0.05, 0) is 81.3 Å². The highest BCUT2D eigenvalue weighted by atomic mass is 35.5. The number of carbonyl (C=O) groups is 1. The van der Waals surface area contributed by atoms with Crippen LogP contribution < -0.4 is 15.4 Å². The van der Waals surface area contributed by atoms with Crippen LogP contribution >= 0.6 is 12.4 Å². The Hall–Kier alpha value is -1.26. The molecule has 1 aliphatic heterocycles. The molecule has 1 amide bonds. The van der Waals surface area contributed by atoms with Gasteiger partial charge in [0.05, 0.1) is 6.61 Å². The molecule has 5 heteroatoms. The fraction of sp³-hybridized carbons (Fsp3) is 0.611. The van der Waals surface area contributed by atoms with E-state index >= 15 is 0 Å². The lowest BCUT2D eigenvalue weighted by Gasteiger charge is -2.22. The van der Waals surface area contributed by atoms with Crippen molar-refractivity contribution >= 4 is 24.0 Å². The summed E-state index contributed by atoms with van der Waals surface area (Å²) in [7, 11) is 0. The third-order valence-corrected chi connectivity index (χ3v) is 4.56. The number of nitrogens with one attached hydrogen (secondary N) is 2. The molecule has 0 aromatic heterocycles. The summed E-state index contributed by atoms with van der Waals surface area (Å²) < 4.78 is 5.70. The first kappa shape index (κ1) is 18.1. The zero-order chi connectivity index (χ0) is 15.2. The van der Waals surface area contributed by atoms with E-state index in [4.69, 9.17) is 4.74 Å². The van der Waals surface area contributed by atoms with Gasteiger partial charge in [-0.3, -0.25) is 4.79 Å². The molecular formula is C18H27ClN2O2. The molecule has 2 N–H and O–H groups in total. The van der Waals surface area contributed by atoms with E-state index in [0.29, 0.717) is 12.3 Å². The molecule has 3 rings (SSSR count). The van der Waals surface area contributed by atoms with Crippen molar-refractivity contribution in [3.63, 3.8) is 0 Å². The predicted octanol–water partition coefficient (Wildman–Crippen LogP) is 3.62. The molecule has 2 fully saturated rings. The van der Waals surface area contributed by atoms with Gasteiger partial charge in [0.2, 0.25) is 5.91 Å². The van der Waals surface area contributed by atoms with Crippen LogP contribution in [0.2, 0.25) is 0 Å². The average molecular weight is 339 g/mol. The van der Waals surface area contributed by atoms with Gasteiger partial charge >= 0.3 is 0 Å². The second-order valence-corrected chi connectivity index (χ2v) is 6.56. The Morgan fingerprint density at radius 2 is 1.78 bits per heavy atom. The molecule has 0 radical (unpaired) electrons. The highest BCUT2D eigenvalue weighted by molar-refractivity contribution is 5.90. The van der Waals surface area contributed by atoms with Gasteiger partial charge in [0, 0.05) is 12.1 Å². The second-order valence-electron chi connectivity index (χ2n) is 6.56. The number of rotatable bonds is 7. The molecule has 23 heavy (non-hydrogen) atoms. The summed E-state index contributed by atoms with van der Waals surface area (Å²) in [6.07, 6.45) is 6.59. The number of amides is 1. The number of ether oxygens (including phenoxy) is 1. The second kappa shape index (κ2) is 9.14. The van der Waals surface area contributed by atoms with E-state index in [1.807, 2.05) is 24.3 Å². The maximum atomic E-state index is 12.0. The Morgan fingerprint density at radius 3 is 2.43 bits per heavy atom. The highest BCUT2D eigenvalue weighted by Gasteiger charge is 2.21. The molecule has 1 aromatic rings. The van der Waals surface area contributed by atoms with E-state index in [-0.39, 0.29) is 18.3 Å². The van der Waals surface area contributed by atoms with Crippen LogP contribution in [0.4, 0.5) is 5.69 Å². The molecule has 1 heterocycles. The van der Waals surface area contributed by atoms with Gasteiger partial charge in [-0.25, -0.2) is 0 Å². The van der Waals surface area contributed by atoms with Gasteiger partial charge in [-0.2, -0.15) is 0 Å². The van der Waals surface area contributed by atoms with Gasteiger partial charge in [0.15, 0.2) is 0 Å². The summed E-state index contributed by atoms with van der Waals surface area (Å²) in [5, 5.41) is 6.33. The lowest BCUT2D eigenvalue weighted by atomic mass is 9.93. The van der Waals surface area contributed by atoms with Gasteiger partial charge in [0.1, 0.15) is 5.75 Å². The maximum absolute atomic E-state index is 12.0. The minimum absolute atomic E-state index is 0. The number of halogens is 1. The van der Waals surface area contributed by atoms with E-state index in [9.17, 15) is 4.79 Å². The third-order valence-electron chi connectivity index (χ3n) is 4.56. The van der Waals surface area contributed by atoms with Crippen molar-refractivity contribution in [2.24, 2.45) is 11.8 Å². The molecule has 1 saturated carbocycles. The molecule has 128 valence electrons. The van der Waals surface area contributed by atoms with Gasteiger partial charge in [-0.1, -0.05) is 0 Å². The Kier molecular flexibility index (Phi) is 7.18. The summed E-state index contributed by atoms with van der Waals surface area (Å²) in [6.45, 7) is 3.01. The summed E-state index contributed by atoms with van der Waals surface area (Å²) in [5.74, 6) is 2.46. The lowest BCUT2D eigenvalue weighted by Crippen LogP contribution is -2.28. The first-order valence-electron chi connectivity index (χ1n) is 8.53. The molecule has 0 spiro atoms. The van der Waals surface area contributed by atoms with E-state index in [1.165, 1.54) is 25.7 Å². The van der Waals surface area contributed by atoms with Gasteiger partial charge in [0.25, 0.3) is 0 Å². The molecule has 0 unspecified atom stereocenters. The van der Waals surface area contributed by atoms with Crippen molar-refractivity contribution in [1.29, 1.82) is 0 Å². The SMILES string of the molecule is Cl.O=C(CCC1CCNCC1)Nc1ccc(OCC2CC2)cc1. The standard InChI is InChI=1S/C18H26N2O2.ClH/c21-18(8-3-14-9-11-19-12-10-14)20-16-4-6-17(7-5-16)22-13-15-1-2-15;/h4-7,14-15,19H,1-3,8-13H2,(H,20,21);1H. The van der Waals surface area contributed by atoms with E-state index in [2.05, 4.69) is 10.6 Å². The number of anilines is 1. The lowest BCUT2D eigenvalue weighted by molar-refractivity contribution is -0.116. The Labute approximate surface area is 144 Å². The Morgan fingerprint density at radius 1 is 1.09 bits per heavy atom. The van der Waals surface area contributed by atoms with Crippen molar-refractivity contribution in [3.8, 4) is 5.75 Å². The van der Waals surface area contributed by atoms with Crippen molar-refractivity contribution < 1.29 is 9.53 Å². The highest BCUT2D eigenvalue weighted by Crippen LogP contribution is 2.29. The van der Waals surface area contributed by atoms with Crippen LogP contribution in [0, 0.1) is 11.8 Å². The van der Waals surface area contributed by atoms with Crippen LogP contribution in [-0.2, 0) is 4.79 Å². The average Bonchev–Trinajstić information content (AvgIpc) is 3.38. The number of carbonyl (C=O) groups excluding carboxylic acids is 1.